The third-order valence-electron chi connectivity index (χ3n) is 3.36. The Morgan fingerprint density at radius 1 is 1.29 bits per heavy atom. The Kier molecular flexibility index (Phi) is 3.62. The molecule has 1 heterocycles. The lowest BCUT2D eigenvalue weighted by Crippen LogP contribution is -2.29. The number of hydrogen-bond donors (Lipinski definition) is 2. The summed E-state index contributed by atoms with van der Waals surface area (Å²) in [7, 11) is 0. The fourth-order valence-electron chi connectivity index (χ4n) is 2.27. The van der Waals surface area contributed by atoms with Gasteiger partial charge in [-0.2, -0.15) is 0 Å². The van der Waals surface area contributed by atoms with Gasteiger partial charge in [0.15, 0.2) is 0 Å². The van der Waals surface area contributed by atoms with Crippen LogP contribution in [0.25, 0.3) is 0 Å². The third kappa shape index (κ3) is 2.94. The zero-order valence-corrected chi connectivity index (χ0v) is 9.63. The van der Waals surface area contributed by atoms with Crippen molar-refractivity contribution in [3.8, 4) is 5.75 Å². The van der Waals surface area contributed by atoms with Gasteiger partial charge in [0.05, 0.1) is 0 Å². The van der Waals surface area contributed by atoms with Gasteiger partial charge in [0.1, 0.15) is 5.75 Å². The summed E-state index contributed by atoms with van der Waals surface area (Å²) in [5.41, 5.74) is 0.610. The van der Waals surface area contributed by atoms with Gasteiger partial charge < -0.3 is 10.4 Å². The Hall–Kier alpha value is -1.16. The first-order valence-corrected chi connectivity index (χ1v) is 5.95. The second-order valence-electron chi connectivity index (χ2n) is 4.58. The summed E-state index contributed by atoms with van der Waals surface area (Å²) in [5.74, 6) is -3.22. The van der Waals surface area contributed by atoms with Gasteiger partial charge in [0.2, 0.25) is 0 Å². The lowest BCUT2D eigenvalue weighted by molar-refractivity contribution is -0.0602. The lowest BCUT2D eigenvalue weighted by Gasteiger charge is -2.24. The Balaban J connectivity index is 2.13. The number of phenolic OH excluding ortho intramolecular Hbond substituents is 1. The number of para-hydroxylation sites is 1. The van der Waals surface area contributed by atoms with E-state index in [-0.39, 0.29) is 18.6 Å². The highest BCUT2D eigenvalue weighted by Gasteiger charge is 2.40. The number of alkyl halides is 2. The molecule has 1 fully saturated rings. The van der Waals surface area contributed by atoms with Crippen LogP contribution in [0.2, 0.25) is 0 Å². The fourth-order valence-corrected chi connectivity index (χ4v) is 2.27. The van der Waals surface area contributed by atoms with Crippen LogP contribution in [0.4, 0.5) is 8.78 Å². The number of aromatic hydroxyl groups is 1. The van der Waals surface area contributed by atoms with Crippen molar-refractivity contribution < 1.29 is 13.9 Å². The number of phenols is 1. The molecule has 1 unspecified atom stereocenters. The quantitative estimate of drug-likeness (QED) is 0.834. The van der Waals surface area contributed by atoms with E-state index in [4.69, 9.17) is 0 Å². The van der Waals surface area contributed by atoms with Gasteiger partial charge in [-0.25, -0.2) is 8.78 Å². The number of halogens is 2. The van der Waals surface area contributed by atoms with Crippen molar-refractivity contribution in [3.63, 3.8) is 0 Å². The molecule has 1 aliphatic heterocycles. The van der Waals surface area contributed by atoms with Gasteiger partial charge in [-0.1, -0.05) is 18.2 Å². The summed E-state index contributed by atoms with van der Waals surface area (Å²) < 4.78 is 27.6. The molecule has 4 heteroatoms. The predicted molar refractivity (Wildman–Crippen MR) is 62.4 cm³/mol. The minimum Gasteiger partial charge on any atom is -0.508 e. The van der Waals surface area contributed by atoms with Gasteiger partial charge in [-0.15, -0.1) is 0 Å². The predicted octanol–water partition coefficient (Wildman–Crippen LogP) is 2.57. The standard InChI is InChI=1S/C13H17F2NO/c14-13(15)6-8-16-7-5-11(13)9-10-3-1-2-4-12(10)17/h1-4,11,16-17H,5-9H2. The molecule has 0 saturated carbocycles. The first-order chi connectivity index (χ1) is 8.09. The Labute approximate surface area is 99.7 Å². The van der Waals surface area contributed by atoms with Crippen LogP contribution in [0, 0.1) is 5.92 Å². The first-order valence-electron chi connectivity index (χ1n) is 5.95. The second-order valence-corrected chi connectivity index (χ2v) is 4.58. The van der Waals surface area contributed by atoms with Crippen molar-refractivity contribution in [2.24, 2.45) is 5.92 Å². The SMILES string of the molecule is Oc1ccccc1CC1CCNCCC1(F)F. The van der Waals surface area contributed by atoms with E-state index in [0.29, 0.717) is 25.1 Å². The van der Waals surface area contributed by atoms with E-state index in [1.807, 2.05) is 0 Å². The van der Waals surface area contributed by atoms with Gasteiger partial charge in [-0.05, 0) is 31.0 Å². The van der Waals surface area contributed by atoms with E-state index in [1.54, 1.807) is 24.3 Å². The van der Waals surface area contributed by atoms with Crippen LogP contribution in [0.3, 0.4) is 0 Å². The van der Waals surface area contributed by atoms with E-state index in [2.05, 4.69) is 5.32 Å². The highest BCUT2D eigenvalue weighted by Crippen LogP contribution is 2.35. The molecule has 0 aliphatic carbocycles. The smallest absolute Gasteiger partial charge is 0.252 e. The van der Waals surface area contributed by atoms with Gasteiger partial charge in [0, 0.05) is 18.9 Å². The maximum Gasteiger partial charge on any atom is 0.252 e. The summed E-state index contributed by atoms with van der Waals surface area (Å²) in [6.45, 7) is 0.984. The van der Waals surface area contributed by atoms with Gasteiger partial charge in [-0.3, -0.25) is 0 Å². The average molecular weight is 241 g/mol. The topological polar surface area (TPSA) is 32.3 Å². The Morgan fingerprint density at radius 2 is 2.06 bits per heavy atom. The zero-order chi connectivity index (χ0) is 12.3. The van der Waals surface area contributed by atoms with Crippen LogP contribution in [-0.4, -0.2) is 24.1 Å². The minimum atomic E-state index is -2.65. The van der Waals surface area contributed by atoms with E-state index in [0.717, 1.165) is 0 Å². The third-order valence-corrected chi connectivity index (χ3v) is 3.36. The molecule has 0 bridgehead atoms. The first kappa shape index (κ1) is 12.3. The fraction of sp³-hybridized carbons (Fsp3) is 0.538. The molecule has 0 radical (unpaired) electrons. The summed E-state index contributed by atoms with van der Waals surface area (Å²) in [6, 6.07) is 6.72. The maximum absolute atomic E-state index is 13.8. The lowest BCUT2D eigenvalue weighted by atomic mass is 9.89. The average Bonchev–Trinajstić information content (AvgIpc) is 2.44. The van der Waals surface area contributed by atoms with Crippen molar-refractivity contribution in [1.29, 1.82) is 0 Å². The molecule has 0 spiro atoms. The monoisotopic (exact) mass is 241 g/mol. The van der Waals surface area contributed by atoms with Gasteiger partial charge in [0.25, 0.3) is 5.92 Å². The Bertz CT molecular complexity index is 381. The van der Waals surface area contributed by atoms with Crippen LogP contribution < -0.4 is 5.32 Å². The van der Waals surface area contributed by atoms with E-state index < -0.39 is 11.8 Å². The molecule has 2 N–H and O–H groups in total. The highest BCUT2D eigenvalue weighted by molar-refractivity contribution is 5.32. The molecular formula is C13H17F2NO. The van der Waals surface area contributed by atoms with Crippen LogP contribution >= 0.6 is 0 Å². The van der Waals surface area contributed by atoms with Crippen molar-refractivity contribution in [3.05, 3.63) is 29.8 Å². The summed E-state index contributed by atoms with van der Waals surface area (Å²) in [4.78, 5) is 0. The van der Waals surface area contributed by atoms with Crippen molar-refractivity contribution in [2.75, 3.05) is 13.1 Å². The molecule has 94 valence electrons. The molecule has 2 nitrogen and oxygen atoms in total. The van der Waals surface area contributed by atoms with Crippen molar-refractivity contribution >= 4 is 0 Å². The van der Waals surface area contributed by atoms with E-state index in [9.17, 15) is 13.9 Å². The number of rotatable bonds is 2. The summed E-state index contributed by atoms with van der Waals surface area (Å²) in [5, 5.41) is 12.6. The zero-order valence-electron chi connectivity index (χ0n) is 9.63. The van der Waals surface area contributed by atoms with E-state index >= 15 is 0 Å². The highest BCUT2D eigenvalue weighted by atomic mass is 19.3. The Morgan fingerprint density at radius 3 is 2.82 bits per heavy atom. The largest absolute Gasteiger partial charge is 0.508 e. The molecule has 2 rings (SSSR count). The summed E-state index contributed by atoms with van der Waals surface area (Å²) >= 11 is 0. The van der Waals surface area contributed by atoms with Crippen LogP contribution in [0.15, 0.2) is 24.3 Å². The molecule has 1 saturated heterocycles. The van der Waals surface area contributed by atoms with Crippen molar-refractivity contribution in [2.45, 2.75) is 25.2 Å². The van der Waals surface area contributed by atoms with Crippen LogP contribution in [0.5, 0.6) is 5.75 Å². The maximum atomic E-state index is 13.8. The molecule has 0 amide bonds. The molecule has 1 aromatic carbocycles. The second kappa shape index (κ2) is 5.00. The number of hydrogen-bond acceptors (Lipinski definition) is 2. The molecule has 1 atom stereocenters. The molecular weight excluding hydrogens is 224 g/mol. The molecule has 0 aromatic heterocycles. The van der Waals surface area contributed by atoms with E-state index in [1.165, 1.54) is 0 Å². The number of nitrogens with one attached hydrogen (secondary N) is 1. The molecule has 1 aromatic rings. The minimum absolute atomic E-state index is 0.112. The van der Waals surface area contributed by atoms with Gasteiger partial charge >= 0.3 is 0 Å². The van der Waals surface area contributed by atoms with Crippen molar-refractivity contribution in [1.82, 2.24) is 5.32 Å². The van der Waals surface area contributed by atoms with Crippen LogP contribution in [-0.2, 0) is 6.42 Å². The van der Waals surface area contributed by atoms with Crippen LogP contribution in [0.1, 0.15) is 18.4 Å². The normalized spacial score (nSPS) is 24.2. The summed E-state index contributed by atoms with van der Waals surface area (Å²) in [6.07, 6.45) is 0.563. The molecule has 17 heavy (non-hydrogen) atoms. The number of benzene rings is 1. The molecule has 1 aliphatic rings.